The minimum atomic E-state index is -0.149. The average molecular weight is 250 g/mol. The summed E-state index contributed by atoms with van der Waals surface area (Å²) in [5.41, 5.74) is 1.32. The molecule has 3 atom stereocenters. The van der Waals surface area contributed by atoms with Crippen molar-refractivity contribution in [2.24, 2.45) is 11.8 Å². The van der Waals surface area contributed by atoms with Crippen LogP contribution in [0.25, 0.3) is 0 Å². The Morgan fingerprint density at radius 1 is 1.44 bits per heavy atom. The second kappa shape index (κ2) is 5.87. The largest absolute Gasteiger partial charge is 0.393 e. The Labute approximate surface area is 110 Å². The van der Waals surface area contributed by atoms with Gasteiger partial charge in [-0.3, -0.25) is 4.68 Å². The molecule has 1 N–H and O–H groups in total. The van der Waals surface area contributed by atoms with Crippen LogP contribution in [0, 0.1) is 11.8 Å². The highest BCUT2D eigenvalue weighted by Crippen LogP contribution is 2.38. The van der Waals surface area contributed by atoms with Crippen molar-refractivity contribution in [1.29, 1.82) is 0 Å². The lowest BCUT2D eigenvalue weighted by Gasteiger charge is -2.36. The smallest absolute Gasteiger partial charge is 0.0574 e. The van der Waals surface area contributed by atoms with Crippen LogP contribution in [0.1, 0.15) is 58.1 Å². The lowest BCUT2D eigenvalue weighted by Crippen LogP contribution is -2.33. The minimum Gasteiger partial charge on any atom is -0.393 e. The van der Waals surface area contributed by atoms with E-state index in [-0.39, 0.29) is 6.10 Å². The Balaban J connectivity index is 2.15. The zero-order valence-electron chi connectivity index (χ0n) is 11.8. The van der Waals surface area contributed by atoms with Gasteiger partial charge in [0.05, 0.1) is 18.3 Å². The molecule has 18 heavy (non-hydrogen) atoms. The van der Waals surface area contributed by atoms with Crippen molar-refractivity contribution in [3.05, 3.63) is 18.0 Å². The van der Waals surface area contributed by atoms with Crippen molar-refractivity contribution in [3.63, 3.8) is 0 Å². The monoisotopic (exact) mass is 250 g/mol. The van der Waals surface area contributed by atoms with Gasteiger partial charge in [-0.1, -0.05) is 27.2 Å². The summed E-state index contributed by atoms with van der Waals surface area (Å²) in [7, 11) is 0. The molecule has 0 amide bonds. The molecule has 0 saturated heterocycles. The number of rotatable bonds is 4. The zero-order valence-corrected chi connectivity index (χ0v) is 11.8. The van der Waals surface area contributed by atoms with Crippen LogP contribution in [0.2, 0.25) is 0 Å². The van der Waals surface area contributed by atoms with Crippen LogP contribution < -0.4 is 0 Å². The lowest BCUT2D eigenvalue weighted by molar-refractivity contribution is 0.0521. The fraction of sp³-hybridized carbons (Fsp3) is 0.800. The summed E-state index contributed by atoms with van der Waals surface area (Å²) in [5, 5.41) is 14.4. The molecule has 0 bridgehead atoms. The van der Waals surface area contributed by atoms with Gasteiger partial charge in [-0.15, -0.1) is 0 Å². The predicted octanol–water partition coefficient (Wildman–Crippen LogP) is 3.19. The Kier molecular flexibility index (Phi) is 4.44. The van der Waals surface area contributed by atoms with Gasteiger partial charge >= 0.3 is 0 Å². The summed E-state index contributed by atoms with van der Waals surface area (Å²) < 4.78 is 2.11. The molecule has 1 fully saturated rings. The molecule has 1 saturated carbocycles. The molecule has 3 unspecified atom stereocenters. The maximum absolute atomic E-state index is 9.91. The molecule has 3 nitrogen and oxygen atoms in total. The third-order valence-electron chi connectivity index (χ3n) is 4.23. The van der Waals surface area contributed by atoms with Gasteiger partial charge in [-0.05, 0) is 43.1 Å². The first-order valence-corrected chi connectivity index (χ1v) is 7.33. The Morgan fingerprint density at radius 2 is 2.22 bits per heavy atom. The van der Waals surface area contributed by atoms with E-state index in [9.17, 15) is 5.11 Å². The van der Waals surface area contributed by atoms with Crippen LogP contribution in [0.4, 0.5) is 0 Å². The molecular formula is C15H26N2O. The van der Waals surface area contributed by atoms with Gasteiger partial charge in [0, 0.05) is 6.20 Å². The molecule has 1 aliphatic carbocycles. The van der Waals surface area contributed by atoms with Gasteiger partial charge in [0.15, 0.2) is 0 Å². The standard InChI is InChI=1S/C15H26N2O/c1-4-5-12-9-16-17(10-12)15-8-13(18)6-7-14(15)11(2)3/h9-11,13-15,18H,4-8H2,1-3H3. The van der Waals surface area contributed by atoms with E-state index in [0.717, 1.165) is 32.1 Å². The van der Waals surface area contributed by atoms with Crippen molar-refractivity contribution < 1.29 is 5.11 Å². The first-order valence-electron chi connectivity index (χ1n) is 7.33. The maximum atomic E-state index is 9.91. The summed E-state index contributed by atoms with van der Waals surface area (Å²) in [6, 6.07) is 0.374. The SMILES string of the molecule is CCCc1cnn(C2CC(O)CCC2C(C)C)c1. The number of aliphatic hydroxyl groups excluding tert-OH is 1. The summed E-state index contributed by atoms with van der Waals surface area (Å²) in [5.74, 6) is 1.30. The van der Waals surface area contributed by atoms with E-state index in [1.54, 1.807) is 0 Å². The zero-order chi connectivity index (χ0) is 13.1. The van der Waals surface area contributed by atoms with Crippen molar-refractivity contribution in [3.8, 4) is 0 Å². The van der Waals surface area contributed by atoms with Crippen molar-refractivity contribution in [2.45, 2.75) is 65.0 Å². The van der Waals surface area contributed by atoms with Gasteiger partial charge in [0.2, 0.25) is 0 Å². The molecule has 1 aromatic heterocycles. The van der Waals surface area contributed by atoms with Crippen LogP contribution in [0.5, 0.6) is 0 Å². The third kappa shape index (κ3) is 2.94. The molecule has 0 aromatic carbocycles. The van der Waals surface area contributed by atoms with E-state index in [1.165, 1.54) is 5.56 Å². The lowest BCUT2D eigenvalue weighted by atomic mass is 9.77. The molecule has 1 heterocycles. The average Bonchev–Trinajstić information content (AvgIpc) is 2.77. The molecule has 0 aliphatic heterocycles. The van der Waals surface area contributed by atoms with Crippen LogP contribution >= 0.6 is 0 Å². The minimum absolute atomic E-state index is 0.149. The van der Waals surface area contributed by atoms with Gasteiger partial charge in [-0.2, -0.15) is 5.10 Å². The van der Waals surface area contributed by atoms with Crippen molar-refractivity contribution in [2.75, 3.05) is 0 Å². The summed E-state index contributed by atoms with van der Waals surface area (Å²) in [6.07, 6.45) is 9.20. The summed E-state index contributed by atoms with van der Waals surface area (Å²) >= 11 is 0. The second-order valence-electron chi connectivity index (χ2n) is 6.02. The fourth-order valence-electron chi connectivity index (χ4n) is 3.21. The molecule has 102 valence electrons. The number of nitrogens with zero attached hydrogens (tertiary/aromatic N) is 2. The number of aliphatic hydroxyl groups is 1. The topological polar surface area (TPSA) is 38.0 Å². The predicted molar refractivity (Wildman–Crippen MR) is 73.4 cm³/mol. The summed E-state index contributed by atoms with van der Waals surface area (Å²) in [6.45, 7) is 6.76. The van der Waals surface area contributed by atoms with E-state index in [4.69, 9.17) is 0 Å². The maximum Gasteiger partial charge on any atom is 0.0574 e. The highest BCUT2D eigenvalue weighted by atomic mass is 16.3. The first-order chi connectivity index (χ1) is 8.61. The molecule has 1 aromatic rings. The second-order valence-corrected chi connectivity index (χ2v) is 6.02. The van der Waals surface area contributed by atoms with Crippen molar-refractivity contribution in [1.82, 2.24) is 9.78 Å². The van der Waals surface area contributed by atoms with Gasteiger partial charge in [0.1, 0.15) is 0 Å². The van der Waals surface area contributed by atoms with Crippen LogP contribution in [-0.4, -0.2) is 21.0 Å². The highest BCUT2D eigenvalue weighted by Gasteiger charge is 2.33. The van der Waals surface area contributed by atoms with E-state index >= 15 is 0 Å². The van der Waals surface area contributed by atoms with E-state index in [2.05, 4.69) is 36.7 Å². The third-order valence-corrected chi connectivity index (χ3v) is 4.23. The van der Waals surface area contributed by atoms with E-state index in [0.29, 0.717) is 17.9 Å². The van der Waals surface area contributed by atoms with Gasteiger partial charge in [0.25, 0.3) is 0 Å². The highest BCUT2D eigenvalue weighted by molar-refractivity contribution is 5.05. The van der Waals surface area contributed by atoms with E-state index < -0.39 is 0 Å². The van der Waals surface area contributed by atoms with Gasteiger partial charge < -0.3 is 5.11 Å². The molecule has 0 spiro atoms. The quantitative estimate of drug-likeness (QED) is 0.891. The van der Waals surface area contributed by atoms with Crippen LogP contribution in [0.3, 0.4) is 0 Å². The molecular weight excluding hydrogens is 224 g/mol. The van der Waals surface area contributed by atoms with Crippen molar-refractivity contribution >= 4 is 0 Å². The fourth-order valence-corrected chi connectivity index (χ4v) is 3.21. The van der Waals surface area contributed by atoms with E-state index in [1.807, 2.05) is 6.20 Å². The van der Waals surface area contributed by atoms with Gasteiger partial charge in [-0.25, -0.2) is 0 Å². The summed E-state index contributed by atoms with van der Waals surface area (Å²) in [4.78, 5) is 0. The number of aromatic nitrogens is 2. The normalized spacial score (nSPS) is 28.8. The van der Waals surface area contributed by atoms with Crippen LogP contribution in [0.15, 0.2) is 12.4 Å². The Bertz CT molecular complexity index is 372. The van der Waals surface area contributed by atoms with Crippen LogP contribution in [-0.2, 0) is 6.42 Å². The molecule has 3 heteroatoms. The molecule has 2 rings (SSSR count). The molecule has 0 radical (unpaired) electrons. The first kappa shape index (κ1) is 13.6. The Morgan fingerprint density at radius 3 is 2.89 bits per heavy atom. The molecule has 1 aliphatic rings. The Hall–Kier alpha value is -0.830. The number of hydrogen-bond donors (Lipinski definition) is 1. The number of hydrogen-bond acceptors (Lipinski definition) is 2. The number of aryl methyl sites for hydroxylation is 1.